The van der Waals surface area contributed by atoms with Gasteiger partial charge in [0.05, 0.1) is 12.2 Å². The van der Waals surface area contributed by atoms with Crippen molar-refractivity contribution in [2.45, 2.75) is 40.2 Å². The number of rotatable bonds is 6. The first-order valence-corrected chi connectivity index (χ1v) is 8.59. The molecule has 2 rings (SSSR count). The van der Waals surface area contributed by atoms with E-state index in [0.717, 1.165) is 24.7 Å². The molecule has 24 heavy (non-hydrogen) atoms. The molecular weight excluding hydrogens is 296 g/mol. The summed E-state index contributed by atoms with van der Waals surface area (Å²) in [5.74, 6) is 1.26. The van der Waals surface area contributed by atoms with Crippen molar-refractivity contribution < 1.29 is 0 Å². The SMILES string of the molecule is CCNC(=NCc1ncccc1C)NCC(C)c1cccc(C)c1. The van der Waals surface area contributed by atoms with Gasteiger partial charge in [-0.15, -0.1) is 0 Å². The zero-order valence-electron chi connectivity index (χ0n) is 15.1. The summed E-state index contributed by atoms with van der Waals surface area (Å²) in [6.07, 6.45) is 1.82. The van der Waals surface area contributed by atoms with Crippen molar-refractivity contribution >= 4 is 5.96 Å². The van der Waals surface area contributed by atoms with Gasteiger partial charge in [0.25, 0.3) is 0 Å². The van der Waals surface area contributed by atoms with E-state index in [1.807, 2.05) is 12.3 Å². The molecule has 2 N–H and O–H groups in total. The Labute approximate surface area is 145 Å². The van der Waals surface area contributed by atoms with Crippen LogP contribution in [0.25, 0.3) is 0 Å². The highest BCUT2D eigenvalue weighted by Gasteiger charge is 2.07. The molecule has 0 saturated heterocycles. The molecular formula is C20H28N4. The Morgan fingerprint density at radius 2 is 2.00 bits per heavy atom. The number of hydrogen-bond acceptors (Lipinski definition) is 2. The molecule has 0 spiro atoms. The van der Waals surface area contributed by atoms with E-state index in [2.05, 4.69) is 78.6 Å². The fraction of sp³-hybridized carbons (Fsp3) is 0.400. The summed E-state index contributed by atoms with van der Waals surface area (Å²) >= 11 is 0. The third-order valence-corrected chi connectivity index (χ3v) is 4.04. The van der Waals surface area contributed by atoms with Crippen LogP contribution < -0.4 is 10.6 Å². The van der Waals surface area contributed by atoms with Crippen molar-refractivity contribution in [2.24, 2.45) is 4.99 Å². The molecule has 1 aromatic carbocycles. The highest BCUT2D eigenvalue weighted by atomic mass is 15.2. The molecule has 0 fully saturated rings. The lowest BCUT2D eigenvalue weighted by molar-refractivity contribution is 0.698. The lowest BCUT2D eigenvalue weighted by Gasteiger charge is -2.16. The predicted molar refractivity (Wildman–Crippen MR) is 101 cm³/mol. The molecule has 0 amide bonds. The van der Waals surface area contributed by atoms with Gasteiger partial charge in [0, 0.05) is 19.3 Å². The topological polar surface area (TPSA) is 49.3 Å². The number of aromatic nitrogens is 1. The Morgan fingerprint density at radius 1 is 1.17 bits per heavy atom. The largest absolute Gasteiger partial charge is 0.357 e. The second-order valence-corrected chi connectivity index (χ2v) is 6.16. The van der Waals surface area contributed by atoms with Crippen molar-refractivity contribution in [3.05, 3.63) is 65.0 Å². The smallest absolute Gasteiger partial charge is 0.191 e. The Bertz CT molecular complexity index is 679. The summed E-state index contributed by atoms with van der Waals surface area (Å²) in [6, 6.07) is 12.7. The van der Waals surface area contributed by atoms with Crippen LogP contribution in [0.2, 0.25) is 0 Å². The zero-order chi connectivity index (χ0) is 17.4. The summed E-state index contributed by atoms with van der Waals surface area (Å²) in [5.41, 5.74) is 4.83. The Morgan fingerprint density at radius 3 is 2.71 bits per heavy atom. The van der Waals surface area contributed by atoms with Crippen molar-refractivity contribution in [3.63, 3.8) is 0 Å². The monoisotopic (exact) mass is 324 g/mol. The molecule has 128 valence electrons. The number of benzene rings is 1. The van der Waals surface area contributed by atoms with E-state index in [-0.39, 0.29) is 0 Å². The molecule has 0 aliphatic rings. The first-order chi connectivity index (χ1) is 11.6. The van der Waals surface area contributed by atoms with E-state index < -0.39 is 0 Å². The molecule has 2 aromatic rings. The summed E-state index contributed by atoms with van der Waals surface area (Å²) in [4.78, 5) is 9.06. The van der Waals surface area contributed by atoms with Gasteiger partial charge >= 0.3 is 0 Å². The van der Waals surface area contributed by atoms with Crippen LogP contribution >= 0.6 is 0 Å². The number of pyridine rings is 1. The third kappa shape index (κ3) is 5.37. The fourth-order valence-electron chi connectivity index (χ4n) is 2.52. The molecule has 0 bridgehead atoms. The third-order valence-electron chi connectivity index (χ3n) is 4.04. The van der Waals surface area contributed by atoms with E-state index in [1.165, 1.54) is 16.7 Å². The van der Waals surface area contributed by atoms with Gasteiger partial charge in [0.1, 0.15) is 0 Å². The van der Waals surface area contributed by atoms with E-state index in [4.69, 9.17) is 0 Å². The van der Waals surface area contributed by atoms with Gasteiger partial charge in [-0.05, 0) is 43.9 Å². The summed E-state index contributed by atoms with van der Waals surface area (Å²) in [6.45, 7) is 10.8. The lowest BCUT2D eigenvalue weighted by atomic mass is 9.99. The molecule has 1 heterocycles. The van der Waals surface area contributed by atoms with Crippen molar-refractivity contribution in [1.82, 2.24) is 15.6 Å². The lowest BCUT2D eigenvalue weighted by Crippen LogP contribution is -2.39. The first kappa shape index (κ1) is 18.0. The molecule has 1 aromatic heterocycles. The number of nitrogens with one attached hydrogen (secondary N) is 2. The molecule has 0 aliphatic heterocycles. The molecule has 0 saturated carbocycles. The van der Waals surface area contributed by atoms with E-state index in [9.17, 15) is 0 Å². The van der Waals surface area contributed by atoms with Crippen LogP contribution in [0.1, 0.15) is 42.1 Å². The number of aryl methyl sites for hydroxylation is 2. The minimum atomic E-state index is 0.422. The normalized spacial score (nSPS) is 12.8. The van der Waals surface area contributed by atoms with Crippen molar-refractivity contribution in [1.29, 1.82) is 0 Å². The van der Waals surface area contributed by atoms with Gasteiger partial charge in [-0.1, -0.05) is 42.8 Å². The van der Waals surface area contributed by atoms with E-state index in [1.54, 1.807) is 0 Å². The van der Waals surface area contributed by atoms with E-state index >= 15 is 0 Å². The second-order valence-electron chi connectivity index (χ2n) is 6.16. The summed E-state index contributed by atoms with van der Waals surface area (Å²) in [7, 11) is 0. The average molecular weight is 324 g/mol. The highest BCUT2D eigenvalue weighted by Crippen LogP contribution is 2.15. The van der Waals surface area contributed by atoms with Gasteiger partial charge < -0.3 is 10.6 Å². The molecule has 1 atom stereocenters. The van der Waals surface area contributed by atoms with Crippen LogP contribution in [0.3, 0.4) is 0 Å². The Hall–Kier alpha value is -2.36. The summed E-state index contributed by atoms with van der Waals surface area (Å²) < 4.78 is 0. The van der Waals surface area contributed by atoms with Gasteiger partial charge in [-0.3, -0.25) is 4.98 Å². The van der Waals surface area contributed by atoms with Gasteiger partial charge in [0.15, 0.2) is 5.96 Å². The average Bonchev–Trinajstić information content (AvgIpc) is 2.58. The maximum Gasteiger partial charge on any atom is 0.191 e. The van der Waals surface area contributed by atoms with Crippen LogP contribution in [0.15, 0.2) is 47.6 Å². The highest BCUT2D eigenvalue weighted by molar-refractivity contribution is 5.79. The van der Waals surface area contributed by atoms with Crippen LogP contribution in [-0.2, 0) is 6.54 Å². The number of hydrogen-bond donors (Lipinski definition) is 2. The predicted octanol–water partition coefficient (Wildman–Crippen LogP) is 3.56. The van der Waals surface area contributed by atoms with Crippen molar-refractivity contribution in [2.75, 3.05) is 13.1 Å². The standard InChI is InChI=1S/C20H28N4/c1-5-21-20(24-14-19-16(3)9-7-11-22-19)23-13-17(4)18-10-6-8-15(2)12-18/h6-12,17H,5,13-14H2,1-4H3,(H2,21,23,24). The Balaban J connectivity index is 1.97. The van der Waals surface area contributed by atoms with Crippen LogP contribution in [0.5, 0.6) is 0 Å². The minimum absolute atomic E-state index is 0.422. The van der Waals surface area contributed by atoms with E-state index in [0.29, 0.717) is 12.5 Å². The van der Waals surface area contributed by atoms with Crippen LogP contribution in [-0.4, -0.2) is 24.0 Å². The van der Waals surface area contributed by atoms with Crippen LogP contribution in [0.4, 0.5) is 0 Å². The van der Waals surface area contributed by atoms with Crippen molar-refractivity contribution in [3.8, 4) is 0 Å². The molecule has 4 nitrogen and oxygen atoms in total. The maximum atomic E-state index is 4.66. The number of nitrogens with zero attached hydrogens (tertiary/aromatic N) is 2. The van der Waals surface area contributed by atoms with Gasteiger partial charge in [-0.25, -0.2) is 4.99 Å². The number of aliphatic imine (C=N–C) groups is 1. The molecule has 0 radical (unpaired) electrons. The first-order valence-electron chi connectivity index (χ1n) is 8.59. The quantitative estimate of drug-likeness (QED) is 0.631. The Kier molecular flexibility index (Phi) is 6.79. The molecule has 4 heteroatoms. The van der Waals surface area contributed by atoms with Gasteiger partial charge in [0.2, 0.25) is 0 Å². The maximum absolute atomic E-state index is 4.66. The van der Waals surface area contributed by atoms with Crippen LogP contribution in [0, 0.1) is 13.8 Å². The fourth-order valence-corrected chi connectivity index (χ4v) is 2.52. The summed E-state index contributed by atoms with van der Waals surface area (Å²) in [5, 5.41) is 6.74. The number of guanidine groups is 1. The second kappa shape index (κ2) is 9.06. The zero-order valence-corrected chi connectivity index (χ0v) is 15.1. The minimum Gasteiger partial charge on any atom is -0.357 e. The molecule has 0 aliphatic carbocycles. The molecule has 1 unspecified atom stereocenters. The van der Waals surface area contributed by atoms with Gasteiger partial charge in [-0.2, -0.15) is 0 Å².